The van der Waals surface area contributed by atoms with Crippen molar-refractivity contribution in [3.05, 3.63) is 36.8 Å². The lowest BCUT2D eigenvalue weighted by Crippen LogP contribution is -1.92. The van der Waals surface area contributed by atoms with Crippen molar-refractivity contribution in [2.75, 3.05) is 0 Å². The van der Waals surface area contributed by atoms with E-state index >= 15 is 0 Å². The Morgan fingerprint density at radius 1 is 1.25 bits per heavy atom. The molecule has 0 fully saturated rings. The van der Waals surface area contributed by atoms with Crippen molar-refractivity contribution in [3.8, 4) is 0 Å². The Morgan fingerprint density at radius 2 is 2.06 bits per heavy atom. The van der Waals surface area contributed by atoms with Crippen LogP contribution in [0.15, 0.2) is 36.8 Å². The zero-order chi connectivity index (χ0) is 11.8. The smallest absolute Gasteiger partial charge is 0.177 e. The van der Waals surface area contributed by atoms with E-state index < -0.39 is 0 Å². The maximum Gasteiger partial charge on any atom is 0.177 e. The molecule has 0 radical (unpaired) electrons. The maximum absolute atomic E-state index is 4.22. The van der Waals surface area contributed by atoms with E-state index in [1.54, 1.807) is 6.20 Å². The van der Waals surface area contributed by atoms with Crippen LogP contribution in [0.2, 0.25) is 0 Å². The Hall–Kier alpha value is -1.64. The average Bonchev–Trinajstić information content (AvgIpc) is 2.76. The molecule has 0 bridgehead atoms. The topological polar surface area (TPSA) is 30.7 Å². The molecule has 16 heavy (non-hydrogen) atoms. The van der Waals surface area contributed by atoms with Gasteiger partial charge in [-0.1, -0.05) is 32.9 Å². The van der Waals surface area contributed by atoms with Crippen molar-refractivity contribution in [1.29, 1.82) is 0 Å². The van der Waals surface area contributed by atoms with Gasteiger partial charge >= 0.3 is 0 Å². The van der Waals surface area contributed by atoms with Crippen molar-refractivity contribution in [2.45, 2.75) is 33.7 Å². The summed E-state index contributed by atoms with van der Waals surface area (Å²) in [4.78, 5) is 8.39. The van der Waals surface area contributed by atoms with Crippen LogP contribution < -0.4 is 0 Å². The number of hydrogen-bond donors (Lipinski definition) is 0. The first-order valence-corrected chi connectivity index (χ1v) is 5.82. The normalized spacial score (nSPS) is 10.4. The SMILES string of the molecule is CC.CC/C=C/Cn1cnc2ncccc21. The van der Waals surface area contributed by atoms with E-state index in [-0.39, 0.29) is 0 Å². The van der Waals surface area contributed by atoms with Crippen LogP contribution in [0.25, 0.3) is 11.2 Å². The largest absolute Gasteiger partial charge is 0.325 e. The molecular formula is C13H19N3. The van der Waals surface area contributed by atoms with Crippen LogP contribution in [-0.4, -0.2) is 14.5 Å². The molecule has 0 N–H and O–H groups in total. The summed E-state index contributed by atoms with van der Waals surface area (Å²) in [6, 6.07) is 3.97. The highest BCUT2D eigenvalue weighted by Crippen LogP contribution is 2.08. The number of pyridine rings is 1. The highest BCUT2D eigenvalue weighted by Gasteiger charge is 1.99. The Labute approximate surface area is 96.8 Å². The predicted molar refractivity (Wildman–Crippen MR) is 68.3 cm³/mol. The fourth-order valence-electron chi connectivity index (χ4n) is 1.40. The lowest BCUT2D eigenvalue weighted by Gasteiger charge is -1.97. The molecule has 3 heteroatoms. The summed E-state index contributed by atoms with van der Waals surface area (Å²) in [5.41, 5.74) is 1.91. The molecule has 86 valence electrons. The zero-order valence-electron chi connectivity index (χ0n) is 10.2. The summed E-state index contributed by atoms with van der Waals surface area (Å²) >= 11 is 0. The average molecular weight is 217 g/mol. The molecule has 0 amide bonds. The van der Waals surface area contributed by atoms with Crippen LogP contribution in [-0.2, 0) is 6.54 Å². The monoisotopic (exact) mass is 217 g/mol. The molecule has 0 aliphatic heterocycles. The van der Waals surface area contributed by atoms with Gasteiger partial charge in [0.2, 0.25) is 0 Å². The molecule has 0 aliphatic rings. The summed E-state index contributed by atoms with van der Waals surface area (Å²) in [5, 5.41) is 0. The van der Waals surface area contributed by atoms with Gasteiger partial charge in [-0.3, -0.25) is 0 Å². The molecule has 0 spiro atoms. The Kier molecular flexibility index (Phi) is 5.26. The molecule has 2 rings (SSSR count). The summed E-state index contributed by atoms with van der Waals surface area (Å²) in [7, 11) is 0. The van der Waals surface area contributed by atoms with Crippen LogP contribution in [0.1, 0.15) is 27.2 Å². The van der Waals surface area contributed by atoms with Crippen LogP contribution in [0.5, 0.6) is 0 Å². The van der Waals surface area contributed by atoms with Crippen molar-refractivity contribution in [3.63, 3.8) is 0 Å². The molecule has 2 heterocycles. The summed E-state index contributed by atoms with van der Waals surface area (Å²) in [6.07, 6.45) is 8.97. The third-order valence-corrected chi connectivity index (χ3v) is 2.10. The standard InChI is InChI=1S/C11H13N3.C2H6/c1-2-3-4-8-14-9-13-11-10(14)6-5-7-12-11;1-2/h3-7,9H,2,8H2,1H3;1-2H3/b4-3+;. The van der Waals surface area contributed by atoms with Crippen molar-refractivity contribution < 1.29 is 0 Å². The van der Waals surface area contributed by atoms with Gasteiger partial charge in [0.1, 0.15) is 0 Å². The van der Waals surface area contributed by atoms with Gasteiger partial charge in [0, 0.05) is 12.7 Å². The van der Waals surface area contributed by atoms with E-state index in [1.165, 1.54) is 0 Å². The van der Waals surface area contributed by atoms with E-state index in [0.29, 0.717) is 0 Å². The molecule has 0 atom stereocenters. The number of hydrogen-bond acceptors (Lipinski definition) is 2. The number of aromatic nitrogens is 3. The first-order valence-electron chi connectivity index (χ1n) is 5.82. The summed E-state index contributed by atoms with van der Waals surface area (Å²) < 4.78 is 2.09. The van der Waals surface area contributed by atoms with Crippen LogP contribution in [0.4, 0.5) is 0 Å². The van der Waals surface area contributed by atoms with Gasteiger partial charge in [-0.25, -0.2) is 9.97 Å². The van der Waals surface area contributed by atoms with Crippen molar-refractivity contribution >= 4 is 11.2 Å². The molecule has 3 nitrogen and oxygen atoms in total. The van der Waals surface area contributed by atoms with Gasteiger partial charge in [0.25, 0.3) is 0 Å². The van der Waals surface area contributed by atoms with Gasteiger partial charge in [-0.15, -0.1) is 0 Å². The van der Waals surface area contributed by atoms with E-state index in [2.05, 4.69) is 33.6 Å². The van der Waals surface area contributed by atoms with Crippen LogP contribution in [0.3, 0.4) is 0 Å². The Balaban J connectivity index is 0.000000606. The first-order chi connectivity index (χ1) is 7.92. The Bertz CT molecular complexity index is 443. The molecule has 2 aromatic rings. The molecule has 2 aromatic heterocycles. The lowest BCUT2D eigenvalue weighted by atomic mass is 10.4. The molecule has 0 aliphatic carbocycles. The second kappa shape index (κ2) is 6.77. The lowest BCUT2D eigenvalue weighted by molar-refractivity contribution is 0.845. The minimum absolute atomic E-state index is 0.817. The highest BCUT2D eigenvalue weighted by atomic mass is 15.1. The van der Waals surface area contributed by atoms with E-state index in [1.807, 2.05) is 32.3 Å². The van der Waals surface area contributed by atoms with E-state index in [4.69, 9.17) is 0 Å². The number of fused-ring (bicyclic) bond motifs is 1. The third-order valence-electron chi connectivity index (χ3n) is 2.10. The minimum Gasteiger partial charge on any atom is -0.325 e. The second-order valence-electron chi connectivity index (χ2n) is 3.12. The fraction of sp³-hybridized carbons (Fsp3) is 0.385. The quantitative estimate of drug-likeness (QED) is 0.737. The third kappa shape index (κ3) is 2.92. The van der Waals surface area contributed by atoms with E-state index in [0.717, 1.165) is 24.1 Å². The summed E-state index contributed by atoms with van der Waals surface area (Å²) in [5.74, 6) is 0. The second-order valence-corrected chi connectivity index (χ2v) is 3.12. The van der Waals surface area contributed by atoms with Gasteiger partial charge in [-0.2, -0.15) is 0 Å². The van der Waals surface area contributed by atoms with Crippen molar-refractivity contribution in [2.24, 2.45) is 0 Å². The minimum atomic E-state index is 0.817. The summed E-state index contributed by atoms with van der Waals surface area (Å²) in [6.45, 7) is 7.00. The molecule has 0 saturated carbocycles. The zero-order valence-corrected chi connectivity index (χ0v) is 10.2. The Morgan fingerprint density at radius 3 is 2.81 bits per heavy atom. The highest BCUT2D eigenvalue weighted by molar-refractivity contribution is 5.70. The molecule has 0 unspecified atom stereocenters. The maximum atomic E-state index is 4.22. The number of allylic oxidation sites excluding steroid dienone is 2. The van der Waals surface area contributed by atoms with Gasteiger partial charge in [-0.05, 0) is 18.6 Å². The van der Waals surface area contributed by atoms with Crippen LogP contribution in [0, 0.1) is 0 Å². The van der Waals surface area contributed by atoms with E-state index in [9.17, 15) is 0 Å². The molecule has 0 saturated heterocycles. The molecule has 0 aromatic carbocycles. The number of nitrogens with zero attached hydrogens (tertiary/aromatic N) is 3. The van der Waals surface area contributed by atoms with Gasteiger partial charge in [0.05, 0.1) is 11.8 Å². The first kappa shape index (κ1) is 12.4. The number of imidazole rings is 1. The van der Waals surface area contributed by atoms with Gasteiger partial charge in [0.15, 0.2) is 5.65 Å². The van der Waals surface area contributed by atoms with Crippen LogP contribution >= 0.6 is 0 Å². The number of rotatable bonds is 3. The predicted octanol–water partition coefficient (Wildman–Crippen LogP) is 3.42. The van der Waals surface area contributed by atoms with Gasteiger partial charge < -0.3 is 4.57 Å². The molecular weight excluding hydrogens is 198 g/mol. The fourth-order valence-corrected chi connectivity index (χ4v) is 1.40. The van der Waals surface area contributed by atoms with Crippen molar-refractivity contribution in [1.82, 2.24) is 14.5 Å².